The first kappa shape index (κ1) is 11.2. The second-order valence-corrected chi connectivity index (χ2v) is 3.65. The van der Waals surface area contributed by atoms with Crippen LogP contribution >= 0.6 is 0 Å². The van der Waals surface area contributed by atoms with Crippen molar-refractivity contribution < 1.29 is 9.13 Å². The Labute approximate surface area is 98.9 Å². The van der Waals surface area contributed by atoms with Crippen molar-refractivity contribution in [3.63, 3.8) is 0 Å². The molecule has 0 fully saturated rings. The number of rotatable bonds is 2. The van der Waals surface area contributed by atoms with Crippen molar-refractivity contribution in [2.75, 3.05) is 0 Å². The average molecular weight is 227 g/mol. The predicted molar refractivity (Wildman–Crippen MR) is 62.4 cm³/mol. The third kappa shape index (κ3) is 2.61. The van der Waals surface area contributed by atoms with Crippen molar-refractivity contribution in [2.24, 2.45) is 0 Å². The molecule has 0 bridgehead atoms. The third-order valence-corrected chi connectivity index (χ3v) is 2.35. The molecule has 0 saturated carbocycles. The summed E-state index contributed by atoms with van der Waals surface area (Å²) >= 11 is 0. The van der Waals surface area contributed by atoms with Gasteiger partial charge < -0.3 is 4.74 Å². The minimum atomic E-state index is -0.340. The van der Waals surface area contributed by atoms with Gasteiger partial charge in [0.15, 0.2) is 0 Å². The van der Waals surface area contributed by atoms with E-state index < -0.39 is 0 Å². The number of hydrogen-bond acceptors (Lipinski definition) is 2. The van der Waals surface area contributed by atoms with Gasteiger partial charge in [0.2, 0.25) is 0 Å². The molecule has 2 nitrogen and oxygen atoms in total. The van der Waals surface area contributed by atoms with Crippen LogP contribution in [0.25, 0.3) is 0 Å². The lowest BCUT2D eigenvalue weighted by molar-refractivity contribution is 0.476. The number of hydrogen-bond donors (Lipinski definition) is 0. The third-order valence-electron chi connectivity index (χ3n) is 2.35. The van der Waals surface area contributed by atoms with Crippen molar-refractivity contribution in [3.05, 3.63) is 59.4 Å². The monoisotopic (exact) mass is 227 g/mol. The van der Waals surface area contributed by atoms with Crippen LogP contribution in [0.2, 0.25) is 0 Å². The topological polar surface area (TPSA) is 33.0 Å². The molecule has 0 radical (unpaired) electrons. The van der Waals surface area contributed by atoms with Gasteiger partial charge in [0.05, 0.1) is 11.6 Å². The summed E-state index contributed by atoms with van der Waals surface area (Å²) < 4.78 is 18.4. The van der Waals surface area contributed by atoms with E-state index in [1.54, 1.807) is 30.3 Å². The Hall–Kier alpha value is -2.34. The van der Waals surface area contributed by atoms with E-state index in [9.17, 15) is 4.39 Å². The zero-order valence-corrected chi connectivity index (χ0v) is 9.27. The average Bonchev–Trinajstić information content (AvgIpc) is 2.29. The fourth-order valence-electron chi connectivity index (χ4n) is 1.49. The van der Waals surface area contributed by atoms with Gasteiger partial charge in [-0.15, -0.1) is 0 Å². The molecule has 2 aromatic carbocycles. The number of nitriles is 1. The molecule has 0 saturated heterocycles. The first-order valence-corrected chi connectivity index (χ1v) is 5.13. The Bertz CT molecular complexity index is 587. The molecule has 0 N–H and O–H groups in total. The van der Waals surface area contributed by atoms with E-state index in [0.717, 1.165) is 5.56 Å². The highest BCUT2D eigenvalue weighted by atomic mass is 19.1. The quantitative estimate of drug-likeness (QED) is 0.781. The van der Waals surface area contributed by atoms with E-state index in [-0.39, 0.29) is 5.82 Å². The highest BCUT2D eigenvalue weighted by molar-refractivity contribution is 5.43. The lowest BCUT2D eigenvalue weighted by Gasteiger charge is -2.07. The first-order chi connectivity index (χ1) is 8.19. The van der Waals surface area contributed by atoms with Crippen LogP contribution in [0.4, 0.5) is 4.39 Å². The summed E-state index contributed by atoms with van der Waals surface area (Å²) in [7, 11) is 0. The molecule has 2 rings (SSSR count). The summed E-state index contributed by atoms with van der Waals surface area (Å²) in [6.07, 6.45) is 0. The smallest absolute Gasteiger partial charge is 0.130 e. The van der Waals surface area contributed by atoms with E-state index in [0.29, 0.717) is 17.1 Å². The van der Waals surface area contributed by atoms with Crippen LogP contribution in [0.15, 0.2) is 42.5 Å². The summed E-state index contributed by atoms with van der Waals surface area (Å²) in [5, 5.41) is 8.80. The van der Waals surface area contributed by atoms with Crippen molar-refractivity contribution in [1.29, 1.82) is 5.26 Å². The van der Waals surface area contributed by atoms with Gasteiger partial charge in [-0.2, -0.15) is 5.26 Å². The van der Waals surface area contributed by atoms with Crippen molar-refractivity contribution in [3.8, 4) is 17.6 Å². The van der Waals surface area contributed by atoms with Crippen LogP contribution in [-0.2, 0) is 0 Å². The zero-order chi connectivity index (χ0) is 12.3. The summed E-state index contributed by atoms with van der Waals surface area (Å²) in [5.74, 6) is 0.689. The maximum Gasteiger partial charge on any atom is 0.130 e. The van der Waals surface area contributed by atoms with Gasteiger partial charge >= 0.3 is 0 Å². The van der Waals surface area contributed by atoms with Gasteiger partial charge in [-0.3, -0.25) is 0 Å². The zero-order valence-electron chi connectivity index (χ0n) is 9.27. The summed E-state index contributed by atoms with van der Waals surface area (Å²) in [5.41, 5.74) is 1.44. The largest absolute Gasteiger partial charge is 0.457 e. The Morgan fingerprint density at radius 1 is 1.12 bits per heavy atom. The van der Waals surface area contributed by atoms with E-state index in [1.807, 2.05) is 6.92 Å². The maximum atomic E-state index is 12.9. The second-order valence-electron chi connectivity index (χ2n) is 3.65. The van der Waals surface area contributed by atoms with E-state index in [1.165, 1.54) is 12.1 Å². The number of aryl methyl sites for hydroxylation is 1. The van der Waals surface area contributed by atoms with Crippen molar-refractivity contribution >= 4 is 0 Å². The van der Waals surface area contributed by atoms with Gasteiger partial charge in [-0.25, -0.2) is 4.39 Å². The molecule has 0 amide bonds. The van der Waals surface area contributed by atoms with Crippen LogP contribution in [0.5, 0.6) is 11.5 Å². The summed E-state index contributed by atoms with van der Waals surface area (Å²) in [6, 6.07) is 13.1. The minimum absolute atomic E-state index is 0.340. The van der Waals surface area contributed by atoms with Gasteiger partial charge in [-0.1, -0.05) is 6.07 Å². The van der Waals surface area contributed by atoms with Gasteiger partial charge in [0.25, 0.3) is 0 Å². The standard InChI is InChI=1S/C14H10FNO/c1-10-7-14(6-5-11(10)9-16)17-13-4-2-3-12(15)8-13/h2-8H,1H3. The molecule has 84 valence electrons. The molecule has 0 aromatic heterocycles. The molecule has 0 atom stereocenters. The molecule has 0 aliphatic rings. The van der Waals surface area contributed by atoms with Crippen molar-refractivity contribution in [2.45, 2.75) is 6.92 Å². The first-order valence-electron chi connectivity index (χ1n) is 5.13. The van der Waals surface area contributed by atoms with Crippen LogP contribution < -0.4 is 4.74 Å². The number of halogens is 1. The molecule has 0 aliphatic carbocycles. The molecule has 17 heavy (non-hydrogen) atoms. The molecule has 3 heteroatoms. The Balaban J connectivity index is 2.25. The van der Waals surface area contributed by atoms with Crippen LogP contribution in [0.3, 0.4) is 0 Å². The minimum Gasteiger partial charge on any atom is -0.457 e. The molecular weight excluding hydrogens is 217 g/mol. The van der Waals surface area contributed by atoms with E-state index in [2.05, 4.69) is 6.07 Å². The van der Waals surface area contributed by atoms with E-state index in [4.69, 9.17) is 10.00 Å². The lowest BCUT2D eigenvalue weighted by atomic mass is 10.1. The fourth-order valence-corrected chi connectivity index (χ4v) is 1.49. The lowest BCUT2D eigenvalue weighted by Crippen LogP contribution is -1.88. The highest BCUT2D eigenvalue weighted by Crippen LogP contribution is 2.23. The number of benzene rings is 2. The second kappa shape index (κ2) is 4.67. The predicted octanol–water partition coefficient (Wildman–Crippen LogP) is 3.80. The number of nitrogens with zero attached hydrogens (tertiary/aromatic N) is 1. The Morgan fingerprint density at radius 3 is 2.53 bits per heavy atom. The summed E-state index contributed by atoms with van der Waals surface area (Å²) in [6.45, 7) is 1.83. The van der Waals surface area contributed by atoms with E-state index >= 15 is 0 Å². The maximum absolute atomic E-state index is 12.9. The van der Waals surface area contributed by atoms with Gasteiger partial charge in [0, 0.05) is 6.07 Å². The molecule has 0 unspecified atom stereocenters. The molecular formula is C14H10FNO. The van der Waals surface area contributed by atoms with Crippen LogP contribution in [0.1, 0.15) is 11.1 Å². The Kier molecular flexibility index (Phi) is 3.06. The molecule has 0 heterocycles. The highest BCUT2D eigenvalue weighted by Gasteiger charge is 2.02. The molecule has 0 aliphatic heterocycles. The van der Waals surface area contributed by atoms with Gasteiger partial charge in [-0.05, 0) is 42.8 Å². The van der Waals surface area contributed by atoms with Crippen LogP contribution in [0, 0.1) is 24.1 Å². The molecule has 2 aromatic rings. The normalized spacial score (nSPS) is 9.71. The number of ether oxygens (including phenoxy) is 1. The fraction of sp³-hybridized carbons (Fsp3) is 0.0714. The Morgan fingerprint density at radius 2 is 1.88 bits per heavy atom. The van der Waals surface area contributed by atoms with Gasteiger partial charge in [0.1, 0.15) is 17.3 Å². The van der Waals surface area contributed by atoms with Crippen LogP contribution in [-0.4, -0.2) is 0 Å². The summed E-state index contributed by atoms with van der Waals surface area (Å²) in [4.78, 5) is 0. The van der Waals surface area contributed by atoms with Crippen molar-refractivity contribution in [1.82, 2.24) is 0 Å². The molecule has 0 spiro atoms. The SMILES string of the molecule is Cc1cc(Oc2cccc(F)c2)ccc1C#N.